The molecule has 0 bridgehead atoms. The van der Waals surface area contributed by atoms with Crippen LogP contribution in [0.2, 0.25) is 0 Å². The predicted molar refractivity (Wildman–Crippen MR) is 240 cm³/mol. The highest BCUT2D eigenvalue weighted by atomic mass is 32.3. The minimum atomic E-state index is -4.67. The lowest BCUT2D eigenvalue weighted by molar-refractivity contribution is 0.125. The summed E-state index contributed by atoms with van der Waals surface area (Å²) >= 11 is 0. The molecule has 9 nitrogen and oxygen atoms in total. The summed E-state index contributed by atoms with van der Waals surface area (Å²) in [6, 6.07) is 0. The van der Waals surface area contributed by atoms with Gasteiger partial charge in [0.15, 0.2) is 0 Å². The summed E-state index contributed by atoms with van der Waals surface area (Å²) in [4.78, 5) is 1.79. The van der Waals surface area contributed by atoms with Gasteiger partial charge in [0, 0.05) is 32.8 Å². The van der Waals surface area contributed by atoms with Crippen molar-refractivity contribution in [1.29, 1.82) is 0 Å². The highest BCUT2D eigenvalue weighted by Crippen LogP contribution is 2.16. The minimum absolute atomic E-state index is 0.0694. The summed E-state index contributed by atoms with van der Waals surface area (Å²) in [7, 11) is -4.67. The van der Waals surface area contributed by atoms with E-state index in [4.69, 9.17) is 37.6 Å². The van der Waals surface area contributed by atoms with Crippen LogP contribution in [0.5, 0.6) is 0 Å². The Kier molecular flexibility index (Phi) is 58.6. The minimum Gasteiger partial charge on any atom is -0.395 e. The molecule has 0 fully saturated rings. The Morgan fingerprint density at radius 3 is 0.661 bits per heavy atom. The molecule has 0 aromatic rings. The van der Waals surface area contributed by atoms with E-state index < -0.39 is 10.4 Å². The number of aliphatic hydroxyl groups is 3. The van der Waals surface area contributed by atoms with Crippen molar-refractivity contribution in [1.82, 2.24) is 4.90 Å². The fourth-order valence-electron chi connectivity index (χ4n) is 7.07. The maximum Gasteiger partial charge on any atom is 0.394 e. The van der Waals surface area contributed by atoms with E-state index in [2.05, 4.69) is 13.8 Å². The molecular formula is C46H99NO8S. The zero-order chi connectivity index (χ0) is 41.9. The molecule has 0 aliphatic heterocycles. The Hall–Kier alpha value is -0.330. The van der Waals surface area contributed by atoms with Crippen LogP contribution >= 0.6 is 0 Å². The molecule has 5 N–H and O–H groups in total. The molecule has 0 aromatic carbocycles. The Labute approximate surface area is 349 Å². The van der Waals surface area contributed by atoms with Crippen LogP contribution < -0.4 is 0 Å². The number of ether oxygens (including phenoxy) is 1. The van der Waals surface area contributed by atoms with Crippen molar-refractivity contribution in [2.45, 2.75) is 245 Å². The number of hydrogen-bond donors (Lipinski definition) is 5. The summed E-state index contributed by atoms with van der Waals surface area (Å²) in [5.74, 6) is 0. The smallest absolute Gasteiger partial charge is 0.394 e. The Morgan fingerprint density at radius 2 is 0.500 bits per heavy atom. The molecule has 342 valence electrons. The molecule has 0 amide bonds. The van der Waals surface area contributed by atoms with Crippen molar-refractivity contribution < 1.29 is 37.6 Å². The summed E-state index contributed by atoms with van der Waals surface area (Å²) in [5, 5.41) is 25.5. The third-order valence-corrected chi connectivity index (χ3v) is 10.5. The van der Waals surface area contributed by atoms with E-state index in [9.17, 15) is 0 Å². The highest BCUT2D eigenvalue weighted by molar-refractivity contribution is 7.79. The fraction of sp³-hybridized carbons (Fsp3) is 1.00. The number of unbranched alkanes of at least 4 members (excludes halogenated alkanes) is 34. The lowest BCUT2D eigenvalue weighted by Crippen LogP contribution is -2.32. The lowest BCUT2D eigenvalue weighted by Gasteiger charge is -2.17. The maximum absolute atomic E-state index is 8.74. The third kappa shape index (κ3) is 68.4. The van der Waals surface area contributed by atoms with Crippen molar-refractivity contribution in [3.05, 3.63) is 0 Å². The largest absolute Gasteiger partial charge is 0.395 e. The normalized spacial score (nSPS) is 11.4. The second-order valence-corrected chi connectivity index (χ2v) is 17.0. The van der Waals surface area contributed by atoms with Gasteiger partial charge in [-0.05, 0) is 12.8 Å². The topological polar surface area (TPSA) is 148 Å². The van der Waals surface area contributed by atoms with Gasteiger partial charge < -0.3 is 20.1 Å². The zero-order valence-corrected chi connectivity index (χ0v) is 38.2. The zero-order valence-electron chi connectivity index (χ0n) is 37.4. The molecule has 0 saturated heterocycles. The molecule has 0 aliphatic rings. The van der Waals surface area contributed by atoms with Crippen LogP contribution in [0.1, 0.15) is 245 Å². The van der Waals surface area contributed by atoms with Crippen LogP contribution in [0.3, 0.4) is 0 Å². The summed E-state index contributed by atoms with van der Waals surface area (Å²) < 4.78 is 37.5. The van der Waals surface area contributed by atoms with Crippen molar-refractivity contribution in [3.8, 4) is 0 Å². The van der Waals surface area contributed by atoms with Crippen LogP contribution in [-0.4, -0.2) is 90.4 Å². The summed E-state index contributed by atoms with van der Waals surface area (Å²) in [6.45, 7) is 8.36. The van der Waals surface area contributed by atoms with E-state index in [1.165, 1.54) is 231 Å². The fourth-order valence-corrected chi connectivity index (χ4v) is 7.07. The quantitative estimate of drug-likeness (QED) is 0.0299. The van der Waals surface area contributed by atoms with Crippen LogP contribution in [0.15, 0.2) is 0 Å². The second kappa shape index (κ2) is 54.7. The Morgan fingerprint density at radius 1 is 0.339 bits per heavy atom. The number of rotatable bonds is 44. The molecule has 0 heterocycles. The summed E-state index contributed by atoms with van der Waals surface area (Å²) in [5.41, 5.74) is 0. The second-order valence-electron chi connectivity index (χ2n) is 16.1. The van der Waals surface area contributed by atoms with Crippen molar-refractivity contribution >= 4 is 10.4 Å². The molecule has 0 spiro atoms. The molecule has 56 heavy (non-hydrogen) atoms. The standard InChI is InChI=1S/C40H82O.C6H15NO3.H2O4S/c1-3-5-7-9-11-13-15-17-19-21-23-25-27-29-31-33-35-37-39-41-40-38-36-34-32-30-28-26-24-22-20-18-16-14-12-10-8-6-4-2;8-4-1-7(2-5-9)3-6-10;1-5(2,3)4/h3-40H2,1-2H3;8-10H,1-6H2;(H2,1,2,3,4). The Bertz CT molecular complexity index is 714. The molecule has 0 aliphatic carbocycles. The van der Waals surface area contributed by atoms with Gasteiger partial charge >= 0.3 is 10.4 Å². The van der Waals surface area contributed by atoms with Gasteiger partial charge in [0.25, 0.3) is 0 Å². The van der Waals surface area contributed by atoms with E-state index in [1.54, 1.807) is 4.90 Å². The summed E-state index contributed by atoms with van der Waals surface area (Å²) in [6.07, 6.45) is 52.0. The molecule has 0 unspecified atom stereocenters. The first-order valence-electron chi connectivity index (χ1n) is 24.1. The van der Waals surface area contributed by atoms with Crippen LogP contribution in [-0.2, 0) is 15.1 Å². The van der Waals surface area contributed by atoms with Gasteiger partial charge in [0.2, 0.25) is 0 Å². The van der Waals surface area contributed by atoms with Crippen molar-refractivity contribution in [3.63, 3.8) is 0 Å². The van der Waals surface area contributed by atoms with E-state index in [0.717, 1.165) is 13.2 Å². The van der Waals surface area contributed by atoms with Gasteiger partial charge in [-0.3, -0.25) is 14.0 Å². The molecule has 0 saturated carbocycles. The van der Waals surface area contributed by atoms with Crippen molar-refractivity contribution in [2.24, 2.45) is 0 Å². The average Bonchev–Trinajstić information content (AvgIpc) is 3.16. The first-order valence-corrected chi connectivity index (χ1v) is 25.5. The van der Waals surface area contributed by atoms with Gasteiger partial charge in [-0.2, -0.15) is 8.42 Å². The van der Waals surface area contributed by atoms with E-state index in [0.29, 0.717) is 19.6 Å². The van der Waals surface area contributed by atoms with Crippen molar-refractivity contribution in [2.75, 3.05) is 52.7 Å². The lowest BCUT2D eigenvalue weighted by atomic mass is 10.0. The molecule has 0 atom stereocenters. The SMILES string of the molecule is CCCCCCCCCCCCCCCCCCCCOCCCCCCCCCCCCCCCCCCCC.O=S(=O)(O)O.OCCN(CCO)CCO. The first-order chi connectivity index (χ1) is 27.3. The molecular weight excluding hydrogens is 727 g/mol. The van der Waals surface area contributed by atoms with E-state index in [1.807, 2.05) is 0 Å². The van der Waals surface area contributed by atoms with Crippen LogP contribution in [0, 0.1) is 0 Å². The molecule has 0 radical (unpaired) electrons. The molecule has 10 heteroatoms. The third-order valence-electron chi connectivity index (χ3n) is 10.5. The molecule has 0 aromatic heterocycles. The van der Waals surface area contributed by atoms with Gasteiger partial charge in [-0.15, -0.1) is 0 Å². The first kappa shape index (κ1) is 60.0. The number of hydrogen-bond acceptors (Lipinski definition) is 7. The van der Waals surface area contributed by atoms with E-state index in [-0.39, 0.29) is 19.8 Å². The van der Waals surface area contributed by atoms with Gasteiger partial charge in [0.1, 0.15) is 0 Å². The van der Waals surface area contributed by atoms with E-state index >= 15 is 0 Å². The highest BCUT2D eigenvalue weighted by Gasteiger charge is 2.01. The van der Waals surface area contributed by atoms with Gasteiger partial charge in [-0.1, -0.05) is 232 Å². The van der Waals surface area contributed by atoms with Gasteiger partial charge in [-0.25, -0.2) is 0 Å². The Balaban J connectivity index is -0.00000156. The average molecular weight is 826 g/mol. The monoisotopic (exact) mass is 826 g/mol. The van der Waals surface area contributed by atoms with Crippen LogP contribution in [0.25, 0.3) is 0 Å². The number of aliphatic hydroxyl groups excluding tert-OH is 3. The maximum atomic E-state index is 8.74. The van der Waals surface area contributed by atoms with Gasteiger partial charge in [0.05, 0.1) is 19.8 Å². The molecule has 0 rings (SSSR count). The predicted octanol–water partition coefficient (Wildman–Crippen LogP) is 12.7. The number of nitrogens with zero attached hydrogens (tertiary/aromatic N) is 1. The van der Waals surface area contributed by atoms with Crippen LogP contribution in [0.4, 0.5) is 0 Å².